The van der Waals surface area contributed by atoms with Crippen LogP contribution < -0.4 is 16.0 Å². The molecule has 0 fully saturated rings. The van der Waals surface area contributed by atoms with Gasteiger partial charge in [-0.2, -0.15) is 0 Å². The topological polar surface area (TPSA) is 102 Å². The summed E-state index contributed by atoms with van der Waals surface area (Å²) in [6.07, 6.45) is 0.758. The van der Waals surface area contributed by atoms with Gasteiger partial charge in [-0.1, -0.05) is 67.6 Å². The highest BCUT2D eigenvalue weighted by Crippen LogP contribution is 2.32. The Morgan fingerprint density at radius 1 is 0.905 bits per heavy atom. The number of aliphatic imine (C=N–C) groups is 1. The quantitative estimate of drug-likeness (QED) is 0.0943. The fourth-order valence-corrected chi connectivity index (χ4v) is 5.11. The summed E-state index contributed by atoms with van der Waals surface area (Å²) >= 11 is 5.29. The average Bonchev–Trinajstić information content (AvgIpc) is 3.35. The van der Waals surface area contributed by atoms with Crippen molar-refractivity contribution in [3.8, 4) is 5.88 Å². The molecule has 1 atom stereocenters. The fraction of sp³-hybridized carbons (Fsp3) is 0.147. The highest BCUT2D eigenvalue weighted by atomic mass is 32.1. The van der Waals surface area contributed by atoms with Crippen LogP contribution in [0, 0.1) is 0 Å². The number of nitrogens with zero attached hydrogens (tertiary/aromatic N) is 1. The number of carbonyl (C=O) groups is 1. The molecule has 5 aromatic rings. The summed E-state index contributed by atoms with van der Waals surface area (Å²) in [4.78, 5) is 21.4. The van der Waals surface area contributed by atoms with Crippen LogP contribution in [-0.2, 0) is 0 Å². The van der Waals surface area contributed by atoms with Gasteiger partial charge in [-0.25, -0.2) is 4.99 Å². The van der Waals surface area contributed by atoms with E-state index in [1.54, 1.807) is 12.1 Å². The molecule has 0 radical (unpaired) electrons. The number of rotatable bonds is 9. The maximum atomic E-state index is 13.4. The van der Waals surface area contributed by atoms with E-state index in [9.17, 15) is 9.90 Å². The van der Waals surface area contributed by atoms with Crippen LogP contribution in [0.5, 0.6) is 5.88 Å². The normalized spacial score (nSPS) is 12.1. The number of aromatic hydroxyl groups is 1. The van der Waals surface area contributed by atoms with E-state index in [-0.39, 0.29) is 17.8 Å². The Morgan fingerprint density at radius 2 is 1.60 bits per heavy atom. The number of carbonyl (C=O) groups excluding carboxylic acids is 1. The molecule has 0 bridgehead atoms. The van der Waals surface area contributed by atoms with Crippen molar-refractivity contribution in [2.24, 2.45) is 4.99 Å². The molecule has 1 heterocycles. The number of hydrogen-bond acceptors (Lipinski definition) is 4. The molecule has 5 rings (SSSR count). The molecule has 0 aliphatic heterocycles. The molecule has 4 aromatic carbocycles. The van der Waals surface area contributed by atoms with Crippen LogP contribution in [0.25, 0.3) is 10.9 Å². The molecule has 0 aliphatic rings. The summed E-state index contributed by atoms with van der Waals surface area (Å²) in [6.45, 7) is 4.77. The number of nitrogens with one attached hydrogen (secondary N) is 4. The molecule has 0 spiro atoms. The first-order valence-corrected chi connectivity index (χ1v) is 14.4. The zero-order valence-corrected chi connectivity index (χ0v) is 24.3. The van der Waals surface area contributed by atoms with Crippen molar-refractivity contribution in [3.63, 3.8) is 0 Å². The molecule has 0 aliphatic carbocycles. The van der Waals surface area contributed by atoms with Crippen molar-refractivity contribution >= 4 is 51.2 Å². The second-order valence-corrected chi connectivity index (χ2v) is 10.2. The monoisotopic (exact) mass is 575 g/mol. The van der Waals surface area contributed by atoms with Gasteiger partial charge in [0, 0.05) is 34.3 Å². The van der Waals surface area contributed by atoms with Crippen LogP contribution >= 0.6 is 12.2 Å². The zero-order chi connectivity index (χ0) is 29.5. The number of aromatic amines is 1. The highest BCUT2D eigenvalue weighted by molar-refractivity contribution is 7.80. The molecular formula is C34H33N5O2S. The summed E-state index contributed by atoms with van der Waals surface area (Å²) in [5.74, 6) is -0.203. The lowest BCUT2D eigenvalue weighted by Crippen LogP contribution is -2.28. The molecule has 1 unspecified atom stereocenters. The van der Waals surface area contributed by atoms with Gasteiger partial charge in [-0.3, -0.25) is 4.79 Å². The predicted octanol–water partition coefficient (Wildman–Crippen LogP) is 7.23. The van der Waals surface area contributed by atoms with Gasteiger partial charge in [-0.05, 0) is 73.6 Å². The first-order valence-electron chi connectivity index (χ1n) is 14.0. The second kappa shape index (κ2) is 13.1. The van der Waals surface area contributed by atoms with Crippen molar-refractivity contribution in [2.75, 3.05) is 11.9 Å². The Kier molecular flexibility index (Phi) is 8.94. The molecule has 42 heavy (non-hydrogen) atoms. The Hall–Kier alpha value is -4.95. The van der Waals surface area contributed by atoms with Crippen molar-refractivity contribution < 1.29 is 9.90 Å². The van der Waals surface area contributed by atoms with E-state index in [1.807, 2.05) is 105 Å². The van der Waals surface area contributed by atoms with E-state index < -0.39 is 0 Å². The van der Waals surface area contributed by atoms with Crippen LogP contribution in [0.1, 0.15) is 53.4 Å². The SMILES string of the molecule is CCNC(=S)Nc1ccc(N=C(c2ccccc2)c2c(O)[nH]c3ccc(C(=O)NC(CC)c4ccccc4)cc23)cc1. The molecule has 212 valence electrons. The van der Waals surface area contributed by atoms with Crippen LogP contribution in [0.2, 0.25) is 0 Å². The van der Waals surface area contributed by atoms with Crippen LogP contribution in [0.4, 0.5) is 11.4 Å². The Morgan fingerprint density at radius 3 is 2.26 bits per heavy atom. The lowest BCUT2D eigenvalue weighted by Gasteiger charge is -2.17. The lowest BCUT2D eigenvalue weighted by atomic mass is 9.99. The maximum absolute atomic E-state index is 13.4. The van der Waals surface area contributed by atoms with Gasteiger partial charge in [0.05, 0.1) is 23.0 Å². The first-order chi connectivity index (χ1) is 20.5. The Balaban J connectivity index is 1.52. The van der Waals surface area contributed by atoms with E-state index in [0.29, 0.717) is 38.5 Å². The van der Waals surface area contributed by atoms with Gasteiger partial charge >= 0.3 is 0 Å². The lowest BCUT2D eigenvalue weighted by molar-refractivity contribution is 0.0935. The Labute approximate surface area is 250 Å². The minimum Gasteiger partial charge on any atom is -0.494 e. The third-order valence-corrected chi connectivity index (χ3v) is 7.19. The molecule has 5 N–H and O–H groups in total. The Bertz CT molecular complexity index is 1710. The number of anilines is 1. The molecule has 7 nitrogen and oxygen atoms in total. The smallest absolute Gasteiger partial charge is 0.251 e. The summed E-state index contributed by atoms with van der Waals surface area (Å²) in [5.41, 5.74) is 5.73. The van der Waals surface area contributed by atoms with Gasteiger partial charge in [0.25, 0.3) is 5.91 Å². The standard InChI is InChI=1S/C34H33N5O2S/c1-3-28(22-11-7-5-8-12-22)38-32(40)24-15-20-29-27(21-24)30(33(41)39-29)31(23-13-9-6-10-14-23)36-25-16-18-26(19-17-25)37-34(42)35-4-2/h5-21,28,39,41H,3-4H2,1-2H3,(H,38,40)(H2,35,37,42). The minimum absolute atomic E-state index is 0.0184. The predicted molar refractivity (Wildman–Crippen MR) is 175 cm³/mol. The van der Waals surface area contributed by atoms with E-state index in [0.717, 1.165) is 29.8 Å². The van der Waals surface area contributed by atoms with Crippen molar-refractivity contribution in [1.29, 1.82) is 0 Å². The van der Waals surface area contributed by atoms with Crippen LogP contribution in [0.15, 0.2) is 108 Å². The third-order valence-electron chi connectivity index (χ3n) is 6.94. The number of aromatic nitrogens is 1. The summed E-state index contributed by atoms with van der Waals surface area (Å²) in [5, 5.41) is 21.8. The summed E-state index contributed by atoms with van der Waals surface area (Å²) < 4.78 is 0. The number of benzene rings is 4. The van der Waals surface area contributed by atoms with Crippen molar-refractivity contribution in [3.05, 3.63) is 125 Å². The molecule has 1 aromatic heterocycles. The number of amides is 1. The maximum Gasteiger partial charge on any atom is 0.251 e. The van der Waals surface area contributed by atoms with E-state index >= 15 is 0 Å². The molecule has 0 saturated heterocycles. The number of hydrogen-bond donors (Lipinski definition) is 5. The third kappa shape index (κ3) is 6.50. The van der Waals surface area contributed by atoms with E-state index in [2.05, 4.69) is 20.9 Å². The van der Waals surface area contributed by atoms with Crippen molar-refractivity contribution in [1.82, 2.24) is 15.6 Å². The number of thiocarbonyl (C=S) groups is 1. The average molecular weight is 576 g/mol. The van der Waals surface area contributed by atoms with Gasteiger partial charge < -0.3 is 26.0 Å². The molecule has 1 amide bonds. The van der Waals surface area contributed by atoms with Gasteiger partial charge in [0.2, 0.25) is 0 Å². The zero-order valence-electron chi connectivity index (χ0n) is 23.5. The minimum atomic E-state index is -0.184. The van der Waals surface area contributed by atoms with Gasteiger partial charge in [0.15, 0.2) is 11.0 Å². The summed E-state index contributed by atoms with van der Waals surface area (Å²) in [6, 6.07) is 32.5. The van der Waals surface area contributed by atoms with Gasteiger partial charge in [-0.15, -0.1) is 0 Å². The van der Waals surface area contributed by atoms with Crippen LogP contribution in [0.3, 0.4) is 0 Å². The molecule has 8 heteroatoms. The first kappa shape index (κ1) is 28.6. The molecule has 0 saturated carbocycles. The number of H-pyrrole nitrogens is 1. The van der Waals surface area contributed by atoms with Gasteiger partial charge in [0.1, 0.15) is 0 Å². The summed E-state index contributed by atoms with van der Waals surface area (Å²) in [7, 11) is 0. The van der Waals surface area contributed by atoms with E-state index in [1.165, 1.54) is 0 Å². The fourth-order valence-electron chi connectivity index (χ4n) is 4.85. The van der Waals surface area contributed by atoms with Crippen LogP contribution in [-0.4, -0.2) is 33.4 Å². The largest absolute Gasteiger partial charge is 0.494 e. The van der Waals surface area contributed by atoms with E-state index in [4.69, 9.17) is 17.2 Å². The van der Waals surface area contributed by atoms with Crippen molar-refractivity contribution in [2.45, 2.75) is 26.3 Å². The second-order valence-electron chi connectivity index (χ2n) is 9.81. The highest BCUT2D eigenvalue weighted by Gasteiger charge is 2.21. The molecular weight excluding hydrogens is 542 g/mol. The number of fused-ring (bicyclic) bond motifs is 1.